The number of hydrogen-bond donors (Lipinski definition) is 2. The van der Waals surface area contributed by atoms with Gasteiger partial charge in [-0.15, -0.1) is 0 Å². The molecule has 1 amide bonds. The molecule has 0 aliphatic rings. The first-order valence-electron chi connectivity index (χ1n) is 9.24. The van der Waals surface area contributed by atoms with Gasteiger partial charge in [0, 0.05) is 23.5 Å². The van der Waals surface area contributed by atoms with E-state index in [2.05, 4.69) is 46.6 Å². The molecule has 6 heteroatoms. The van der Waals surface area contributed by atoms with Gasteiger partial charge in [0.1, 0.15) is 5.69 Å². The van der Waals surface area contributed by atoms with Gasteiger partial charge >= 0.3 is 0 Å². The fourth-order valence-electron chi connectivity index (χ4n) is 2.69. The SMILES string of the molecule is CC(C)c1ccc(Nc2nccc(C(=O)NCCc3ccc(Cl)cc3)n2)cc1. The maximum Gasteiger partial charge on any atom is 0.270 e. The van der Waals surface area contributed by atoms with Crippen molar-refractivity contribution in [1.82, 2.24) is 15.3 Å². The van der Waals surface area contributed by atoms with E-state index in [4.69, 9.17) is 11.6 Å². The van der Waals surface area contributed by atoms with Crippen molar-refractivity contribution < 1.29 is 4.79 Å². The number of nitrogens with one attached hydrogen (secondary N) is 2. The molecule has 0 spiro atoms. The standard InChI is InChI=1S/C22H23ClN4O/c1-15(2)17-5-9-19(10-6-17)26-22-25-14-12-20(27-22)21(28)24-13-11-16-3-7-18(23)8-4-16/h3-10,12,14-15H,11,13H2,1-2H3,(H,24,28)(H,25,26,27). The summed E-state index contributed by atoms with van der Waals surface area (Å²) in [6.45, 7) is 4.82. The van der Waals surface area contributed by atoms with Gasteiger partial charge < -0.3 is 10.6 Å². The zero-order chi connectivity index (χ0) is 19.9. The molecule has 0 saturated heterocycles. The van der Waals surface area contributed by atoms with Crippen LogP contribution in [-0.2, 0) is 6.42 Å². The van der Waals surface area contributed by atoms with Gasteiger partial charge in [-0.2, -0.15) is 0 Å². The van der Waals surface area contributed by atoms with Crippen LogP contribution in [-0.4, -0.2) is 22.4 Å². The van der Waals surface area contributed by atoms with Gasteiger partial charge in [-0.3, -0.25) is 4.79 Å². The third kappa shape index (κ3) is 5.54. The molecule has 0 unspecified atom stereocenters. The van der Waals surface area contributed by atoms with Gasteiger partial charge in [0.2, 0.25) is 5.95 Å². The summed E-state index contributed by atoms with van der Waals surface area (Å²) in [5.74, 6) is 0.641. The first-order chi connectivity index (χ1) is 13.5. The van der Waals surface area contributed by atoms with E-state index in [1.807, 2.05) is 36.4 Å². The summed E-state index contributed by atoms with van der Waals surface area (Å²) in [6, 6.07) is 17.3. The molecular weight excluding hydrogens is 372 g/mol. The molecule has 1 heterocycles. The van der Waals surface area contributed by atoms with E-state index in [-0.39, 0.29) is 5.91 Å². The molecule has 0 atom stereocenters. The van der Waals surface area contributed by atoms with Gasteiger partial charge in [0.25, 0.3) is 5.91 Å². The number of nitrogens with zero attached hydrogens (tertiary/aromatic N) is 2. The van der Waals surface area contributed by atoms with Crippen molar-refractivity contribution in [2.45, 2.75) is 26.2 Å². The minimum atomic E-state index is -0.227. The Morgan fingerprint density at radius 2 is 1.75 bits per heavy atom. The van der Waals surface area contributed by atoms with E-state index >= 15 is 0 Å². The summed E-state index contributed by atoms with van der Waals surface area (Å²) in [6.07, 6.45) is 2.30. The first-order valence-corrected chi connectivity index (χ1v) is 9.62. The molecule has 0 fully saturated rings. The van der Waals surface area contributed by atoms with Crippen LogP contribution < -0.4 is 10.6 Å². The molecule has 3 rings (SSSR count). The van der Waals surface area contributed by atoms with Crippen LogP contribution in [0.3, 0.4) is 0 Å². The highest BCUT2D eigenvalue weighted by Crippen LogP contribution is 2.19. The third-order valence-corrected chi connectivity index (χ3v) is 4.59. The number of hydrogen-bond acceptors (Lipinski definition) is 4. The molecule has 0 bridgehead atoms. The van der Waals surface area contributed by atoms with E-state index in [1.54, 1.807) is 12.3 Å². The number of carbonyl (C=O) groups is 1. The van der Waals surface area contributed by atoms with Crippen molar-refractivity contribution in [2.75, 3.05) is 11.9 Å². The molecule has 1 aromatic heterocycles. The molecule has 0 saturated carbocycles. The lowest BCUT2D eigenvalue weighted by molar-refractivity contribution is 0.0949. The summed E-state index contributed by atoms with van der Waals surface area (Å²) in [5, 5.41) is 6.72. The summed E-state index contributed by atoms with van der Waals surface area (Å²) >= 11 is 5.88. The largest absolute Gasteiger partial charge is 0.350 e. The van der Waals surface area contributed by atoms with Crippen molar-refractivity contribution in [3.63, 3.8) is 0 Å². The van der Waals surface area contributed by atoms with Crippen LogP contribution in [0.15, 0.2) is 60.8 Å². The number of carbonyl (C=O) groups excluding carboxylic acids is 1. The summed E-state index contributed by atoms with van der Waals surface area (Å²) in [7, 11) is 0. The number of halogens is 1. The van der Waals surface area contributed by atoms with E-state index in [0.29, 0.717) is 29.1 Å². The average molecular weight is 395 g/mol. The molecule has 3 aromatic rings. The normalized spacial score (nSPS) is 10.7. The fourth-order valence-corrected chi connectivity index (χ4v) is 2.81. The molecule has 0 radical (unpaired) electrons. The van der Waals surface area contributed by atoms with Crippen LogP contribution >= 0.6 is 11.6 Å². The number of rotatable bonds is 7. The Morgan fingerprint density at radius 1 is 1.04 bits per heavy atom. The minimum absolute atomic E-state index is 0.227. The Bertz CT molecular complexity index is 924. The Kier molecular flexibility index (Phi) is 6.61. The monoisotopic (exact) mass is 394 g/mol. The van der Waals surface area contributed by atoms with Crippen LogP contribution in [0.25, 0.3) is 0 Å². The number of aromatic nitrogens is 2. The number of benzene rings is 2. The molecule has 2 aromatic carbocycles. The van der Waals surface area contributed by atoms with Crippen LogP contribution in [0.2, 0.25) is 5.02 Å². The van der Waals surface area contributed by atoms with Crippen molar-refractivity contribution in [3.8, 4) is 0 Å². The van der Waals surface area contributed by atoms with E-state index in [1.165, 1.54) is 5.56 Å². The highest BCUT2D eigenvalue weighted by molar-refractivity contribution is 6.30. The van der Waals surface area contributed by atoms with Crippen molar-refractivity contribution in [1.29, 1.82) is 0 Å². The van der Waals surface area contributed by atoms with E-state index in [0.717, 1.165) is 17.7 Å². The molecular formula is C22H23ClN4O. The third-order valence-electron chi connectivity index (χ3n) is 4.33. The maximum atomic E-state index is 12.4. The summed E-state index contributed by atoms with van der Waals surface area (Å²) < 4.78 is 0. The second-order valence-corrected chi connectivity index (χ2v) is 7.24. The second kappa shape index (κ2) is 9.33. The highest BCUT2D eigenvalue weighted by Gasteiger charge is 2.09. The van der Waals surface area contributed by atoms with Crippen LogP contribution in [0.5, 0.6) is 0 Å². The smallest absolute Gasteiger partial charge is 0.270 e. The summed E-state index contributed by atoms with van der Waals surface area (Å²) in [5.41, 5.74) is 3.58. The minimum Gasteiger partial charge on any atom is -0.350 e. The Balaban J connectivity index is 1.57. The quantitative estimate of drug-likeness (QED) is 0.593. The highest BCUT2D eigenvalue weighted by atomic mass is 35.5. The lowest BCUT2D eigenvalue weighted by Gasteiger charge is -2.09. The maximum absolute atomic E-state index is 12.4. The molecule has 0 aliphatic heterocycles. The number of anilines is 2. The Morgan fingerprint density at radius 3 is 2.43 bits per heavy atom. The predicted molar refractivity (Wildman–Crippen MR) is 113 cm³/mol. The molecule has 2 N–H and O–H groups in total. The van der Waals surface area contributed by atoms with Gasteiger partial charge in [-0.25, -0.2) is 9.97 Å². The predicted octanol–water partition coefficient (Wildman–Crippen LogP) is 4.97. The number of amides is 1. The lowest BCUT2D eigenvalue weighted by atomic mass is 10.0. The second-order valence-electron chi connectivity index (χ2n) is 6.80. The summed E-state index contributed by atoms with van der Waals surface area (Å²) in [4.78, 5) is 20.9. The fraction of sp³-hybridized carbons (Fsp3) is 0.227. The van der Waals surface area contributed by atoms with Crippen LogP contribution in [0.1, 0.15) is 41.4 Å². The molecule has 28 heavy (non-hydrogen) atoms. The van der Waals surface area contributed by atoms with E-state index in [9.17, 15) is 4.79 Å². The van der Waals surface area contributed by atoms with Gasteiger partial charge in [0.15, 0.2) is 0 Å². The Hall–Kier alpha value is -2.92. The molecule has 5 nitrogen and oxygen atoms in total. The molecule has 144 valence electrons. The molecule has 0 aliphatic carbocycles. The van der Waals surface area contributed by atoms with Crippen LogP contribution in [0, 0.1) is 0 Å². The van der Waals surface area contributed by atoms with Gasteiger partial charge in [-0.05, 0) is 53.8 Å². The topological polar surface area (TPSA) is 66.9 Å². The van der Waals surface area contributed by atoms with Crippen molar-refractivity contribution in [3.05, 3.63) is 82.6 Å². The average Bonchev–Trinajstić information content (AvgIpc) is 2.70. The van der Waals surface area contributed by atoms with E-state index < -0.39 is 0 Å². The zero-order valence-electron chi connectivity index (χ0n) is 15.9. The Labute approximate surface area is 170 Å². The van der Waals surface area contributed by atoms with Crippen molar-refractivity contribution in [2.24, 2.45) is 0 Å². The van der Waals surface area contributed by atoms with Crippen molar-refractivity contribution >= 4 is 29.1 Å². The lowest BCUT2D eigenvalue weighted by Crippen LogP contribution is -2.26. The van der Waals surface area contributed by atoms with Gasteiger partial charge in [0.05, 0.1) is 0 Å². The zero-order valence-corrected chi connectivity index (χ0v) is 16.7. The first kappa shape index (κ1) is 19.8. The van der Waals surface area contributed by atoms with Crippen LogP contribution in [0.4, 0.5) is 11.6 Å². The van der Waals surface area contributed by atoms with Gasteiger partial charge in [-0.1, -0.05) is 49.7 Å².